The third kappa shape index (κ3) is 3.41. The number of hydrogen-bond donors (Lipinski definition) is 0. The molecule has 0 amide bonds. The maximum atomic E-state index is 11.8. The van der Waals surface area contributed by atoms with Crippen molar-refractivity contribution >= 4 is 17.7 Å². The van der Waals surface area contributed by atoms with E-state index in [1.165, 1.54) is 0 Å². The first-order chi connectivity index (χ1) is 9.22. The Balaban J connectivity index is 1.99. The topological polar surface area (TPSA) is 57.3 Å². The lowest BCUT2D eigenvalue weighted by atomic mass is 10.3. The van der Waals surface area contributed by atoms with E-state index in [9.17, 15) is 4.79 Å². The summed E-state index contributed by atoms with van der Waals surface area (Å²) in [5, 5.41) is 4.11. The number of carbonyl (C=O) groups is 1. The number of furan rings is 1. The molecule has 2 rings (SSSR count). The summed E-state index contributed by atoms with van der Waals surface area (Å²) in [7, 11) is 1.82. The van der Waals surface area contributed by atoms with E-state index in [-0.39, 0.29) is 5.97 Å². The zero-order chi connectivity index (χ0) is 13.7. The van der Waals surface area contributed by atoms with Crippen LogP contribution >= 0.6 is 11.8 Å². The van der Waals surface area contributed by atoms with Gasteiger partial charge in [0, 0.05) is 12.8 Å². The van der Waals surface area contributed by atoms with E-state index in [0.717, 1.165) is 17.2 Å². The van der Waals surface area contributed by atoms with Crippen LogP contribution in [-0.4, -0.2) is 22.4 Å². The first-order valence-electron chi connectivity index (χ1n) is 6.00. The van der Waals surface area contributed by atoms with Gasteiger partial charge in [-0.15, -0.1) is 11.8 Å². The van der Waals surface area contributed by atoms with Gasteiger partial charge in [-0.25, -0.2) is 4.79 Å². The summed E-state index contributed by atoms with van der Waals surface area (Å²) < 4.78 is 12.0. The fourth-order valence-electron chi connectivity index (χ4n) is 1.66. The van der Waals surface area contributed by atoms with E-state index in [0.29, 0.717) is 17.9 Å². The Morgan fingerprint density at radius 2 is 2.37 bits per heavy atom. The van der Waals surface area contributed by atoms with Crippen LogP contribution in [0.2, 0.25) is 0 Å². The Hall–Kier alpha value is -1.69. The second kappa shape index (κ2) is 6.47. The predicted molar refractivity (Wildman–Crippen MR) is 72.9 cm³/mol. The van der Waals surface area contributed by atoms with Gasteiger partial charge in [0.25, 0.3) is 0 Å². The largest absolute Gasteiger partial charge is 0.468 e. The fourth-order valence-corrected chi connectivity index (χ4v) is 2.66. The normalized spacial score (nSPS) is 10.6. The summed E-state index contributed by atoms with van der Waals surface area (Å²) in [6, 6.07) is 3.80. The van der Waals surface area contributed by atoms with Gasteiger partial charge in [-0.05, 0) is 19.1 Å². The summed E-state index contributed by atoms with van der Waals surface area (Å²) in [6.07, 6.45) is 3.21. The smallest absolute Gasteiger partial charge is 0.341 e. The molecule has 0 aliphatic rings. The Kier molecular flexibility index (Phi) is 4.68. The summed E-state index contributed by atoms with van der Waals surface area (Å²) in [5.74, 6) is 2.06. The average Bonchev–Trinajstić information content (AvgIpc) is 3.01. The molecule has 5 nitrogen and oxygen atoms in total. The van der Waals surface area contributed by atoms with E-state index >= 15 is 0 Å². The van der Waals surface area contributed by atoms with Crippen molar-refractivity contribution < 1.29 is 13.9 Å². The third-order valence-electron chi connectivity index (χ3n) is 2.62. The molecular weight excluding hydrogens is 264 g/mol. The fraction of sp³-hybridized carbons (Fsp3) is 0.385. The Morgan fingerprint density at radius 3 is 3.05 bits per heavy atom. The van der Waals surface area contributed by atoms with Crippen LogP contribution in [0.1, 0.15) is 28.7 Å². The minimum atomic E-state index is -0.316. The highest BCUT2D eigenvalue weighted by Gasteiger charge is 2.17. The lowest BCUT2D eigenvalue weighted by Gasteiger charge is -2.05. The zero-order valence-electron chi connectivity index (χ0n) is 11.0. The van der Waals surface area contributed by atoms with Crippen LogP contribution in [0.4, 0.5) is 0 Å². The summed E-state index contributed by atoms with van der Waals surface area (Å²) in [4.78, 5) is 11.8. The number of carbonyl (C=O) groups excluding carboxylic acids is 1. The second-order valence-corrected chi connectivity index (χ2v) is 4.91. The Bertz CT molecular complexity index is 534. The number of nitrogens with zero attached hydrogens (tertiary/aromatic N) is 2. The number of aryl methyl sites for hydroxylation is 1. The molecule has 0 aliphatic heterocycles. The molecule has 2 aromatic rings. The quantitative estimate of drug-likeness (QED) is 0.761. The van der Waals surface area contributed by atoms with Gasteiger partial charge in [0.15, 0.2) is 0 Å². The Morgan fingerprint density at radius 1 is 1.53 bits per heavy atom. The molecule has 0 bridgehead atoms. The monoisotopic (exact) mass is 280 g/mol. The molecule has 2 aromatic heterocycles. The first-order valence-corrected chi connectivity index (χ1v) is 7.16. The van der Waals surface area contributed by atoms with Gasteiger partial charge in [-0.2, -0.15) is 5.10 Å². The van der Waals surface area contributed by atoms with E-state index in [4.69, 9.17) is 9.15 Å². The SMILES string of the molecule is CCOC(=O)c1cnn(C)c1CSCc1ccco1. The molecule has 0 unspecified atom stereocenters. The lowest BCUT2D eigenvalue weighted by molar-refractivity contribution is 0.0525. The van der Waals surface area contributed by atoms with E-state index in [1.807, 2.05) is 19.2 Å². The van der Waals surface area contributed by atoms with Crippen molar-refractivity contribution in [2.75, 3.05) is 6.61 Å². The molecular formula is C13H16N2O3S. The highest BCUT2D eigenvalue weighted by atomic mass is 32.2. The third-order valence-corrected chi connectivity index (χ3v) is 3.59. The molecule has 0 saturated heterocycles. The first kappa shape index (κ1) is 13.7. The molecule has 0 aromatic carbocycles. The van der Waals surface area contributed by atoms with Crippen molar-refractivity contribution in [1.82, 2.24) is 9.78 Å². The van der Waals surface area contributed by atoms with Gasteiger partial charge in [-0.1, -0.05) is 0 Å². The van der Waals surface area contributed by atoms with Gasteiger partial charge in [-0.3, -0.25) is 4.68 Å². The molecule has 0 N–H and O–H groups in total. The molecule has 0 fully saturated rings. The minimum absolute atomic E-state index is 0.316. The van der Waals surface area contributed by atoms with Crippen LogP contribution in [0.15, 0.2) is 29.0 Å². The lowest BCUT2D eigenvalue weighted by Crippen LogP contribution is -2.08. The van der Waals surface area contributed by atoms with Crippen molar-refractivity contribution in [3.8, 4) is 0 Å². The van der Waals surface area contributed by atoms with E-state index in [1.54, 1.807) is 35.8 Å². The van der Waals surface area contributed by atoms with Gasteiger partial charge in [0.2, 0.25) is 0 Å². The summed E-state index contributed by atoms with van der Waals surface area (Å²) >= 11 is 1.67. The van der Waals surface area contributed by atoms with Crippen LogP contribution in [0.25, 0.3) is 0 Å². The average molecular weight is 280 g/mol. The summed E-state index contributed by atoms with van der Waals surface area (Å²) in [6.45, 7) is 2.16. The van der Waals surface area contributed by atoms with E-state index < -0.39 is 0 Å². The molecule has 0 saturated carbocycles. The molecule has 6 heteroatoms. The van der Waals surface area contributed by atoms with Crippen molar-refractivity contribution in [1.29, 1.82) is 0 Å². The molecule has 102 valence electrons. The number of rotatable bonds is 6. The maximum Gasteiger partial charge on any atom is 0.341 e. The summed E-state index contributed by atoms with van der Waals surface area (Å²) in [5.41, 5.74) is 1.41. The van der Waals surface area contributed by atoms with Gasteiger partial charge in [0.1, 0.15) is 11.3 Å². The van der Waals surface area contributed by atoms with Crippen LogP contribution in [0, 0.1) is 0 Å². The highest BCUT2D eigenvalue weighted by Crippen LogP contribution is 2.20. The van der Waals surface area contributed by atoms with Gasteiger partial charge in [0.05, 0.1) is 30.5 Å². The molecule has 0 radical (unpaired) electrons. The van der Waals surface area contributed by atoms with Crippen molar-refractivity contribution in [2.45, 2.75) is 18.4 Å². The standard InChI is InChI=1S/C13H16N2O3S/c1-3-17-13(16)11-7-14-15(2)12(11)9-19-8-10-5-4-6-18-10/h4-7H,3,8-9H2,1-2H3. The van der Waals surface area contributed by atoms with Gasteiger partial charge < -0.3 is 9.15 Å². The van der Waals surface area contributed by atoms with Crippen molar-refractivity contribution in [3.05, 3.63) is 41.6 Å². The number of ether oxygens (including phenoxy) is 1. The maximum absolute atomic E-state index is 11.8. The molecule has 0 atom stereocenters. The van der Waals surface area contributed by atoms with Crippen molar-refractivity contribution in [3.63, 3.8) is 0 Å². The Labute approximate surface area is 115 Å². The van der Waals surface area contributed by atoms with Crippen LogP contribution in [0.5, 0.6) is 0 Å². The number of hydrogen-bond acceptors (Lipinski definition) is 5. The van der Waals surface area contributed by atoms with E-state index in [2.05, 4.69) is 5.10 Å². The number of aromatic nitrogens is 2. The van der Waals surface area contributed by atoms with Gasteiger partial charge >= 0.3 is 5.97 Å². The molecule has 0 aliphatic carbocycles. The molecule has 0 spiro atoms. The van der Waals surface area contributed by atoms with Crippen LogP contribution in [0.3, 0.4) is 0 Å². The predicted octanol–water partition coefficient (Wildman–Crippen LogP) is 2.62. The van der Waals surface area contributed by atoms with Crippen molar-refractivity contribution in [2.24, 2.45) is 7.05 Å². The second-order valence-electron chi connectivity index (χ2n) is 3.92. The number of esters is 1. The molecule has 2 heterocycles. The number of thioether (sulfide) groups is 1. The minimum Gasteiger partial charge on any atom is -0.468 e. The van der Waals surface area contributed by atoms with Crippen LogP contribution < -0.4 is 0 Å². The molecule has 19 heavy (non-hydrogen) atoms. The zero-order valence-corrected chi connectivity index (χ0v) is 11.8. The van der Waals surface area contributed by atoms with Crippen LogP contribution in [-0.2, 0) is 23.3 Å². The highest BCUT2D eigenvalue weighted by molar-refractivity contribution is 7.97.